The van der Waals surface area contributed by atoms with Crippen molar-refractivity contribution in [2.24, 2.45) is 11.8 Å². The molecule has 18 heavy (non-hydrogen) atoms. The second-order valence-electron chi connectivity index (χ2n) is 5.04. The van der Waals surface area contributed by atoms with Gasteiger partial charge < -0.3 is 0 Å². The van der Waals surface area contributed by atoms with Crippen LogP contribution in [-0.4, -0.2) is 18.0 Å². The van der Waals surface area contributed by atoms with E-state index in [0.29, 0.717) is 11.8 Å². The van der Waals surface area contributed by atoms with E-state index >= 15 is 0 Å². The van der Waals surface area contributed by atoms with Crippen LogP contribution >= 0.6 is 0 Å². The number of rotatable bonds is 8. The van der Waals surface area contributed by atoms with Crippen LogP contribution in [0.5, 0.6) is 0 Å². The van der Waals surface area contributed by atoms with Gasteiger partial charge in [0.15, 0.2) is 0 Å². The van der Waals surface area contributed by atoms with Crippen LogP contribution in [0.4, 0.5) is 0 Å². The van der Waals surface area contributed by atoms with Crippen LogP contribution < -0.4 is 0 Å². The van der Waals surface area contributed by atoms with Crippen molar-refractivity contribution in [1.82, 2.24) is 4.90 Å². The molecule has 0 saturated carbocycles. The van der Waals surface area contributed by atoms with Gasteiger partial charge in [0, 0.05) is 19.6 Å². The lowest BCUT2D eigenvalue weighted by Gasteiger charge is -2.26. The van der Waals surface area contributed by atoms with Crippen molar-refractivity contribution in [3.63, 3.8) is 0 Å². The summed E-state index contributed by atoms with van der Waals surface area (Å²) in [7, 11) is 0. The number of hydrogen-bond acceptors (Lipinski definition) is 1. The van der Waals surface area contributed by atoms with Crippen LogP contribution in [-0.2, 0) is 6.54 Å². The zero-order valence-corrected chi connectivity index (χ0v) is 11.7. The summed E-state index contributed by atoms with van der Waals surface area (Å²) >= 11 is 0. The molecule has 0 aromatic heterocycles. The van der Waals surface area contributed by atoms with E-state index in [1.54, 1.807) is 0 Å². The molecule has 0 amide bonds. The van der Waals surface area contributed by atoms with Gasteiger partial charge in [-0.15, -0.1) is 13.2 Å². The fourth-order valence-electron chi connectivity index (χ4n) is 2.03. The van der Waals surface area contributed by atoms with Gasteiger partial charge in [0.1, 0.15) is 0 Å². The highest BCUT2D eigenvalue weighted by molar-refractivity contribution is 5.14. The maximum atomic E-state index is 3.88. The minimum absolute atomic E-state index is 0.549. The Labute approximate surface area is 112 Å². The number of benzene rings is 1. The van der Waals surface area contributed by atoms with Crippen LogP contribution in [0.15, 0.2) is 55.6 Å². The molecule has 0 bridgehead atoms. The van der Waals surface area contributed by atoms with Gasteiger partial charge in [0.25, 0.3) is 0 Å². The molecule has 0 radical (unpaired) electrons. The molecule has 0 spiro atoms. The molecule has 0 aliphatic rings. The maximum absolute atomic E-state index is 3.88. The number of hydrogen-bond donors (Lipinski definition) is 0. The highest BCUT2D eigenvalue weighted by atomic mass is 15.1. The van der Waals surface area contributed by atoms with Crippen molar-refractivity contribution in [1.29, 1.82) is 0 Å². The topological polar surface area (TPSA) is 3.24 Å². The third-order valence-electron chi connectivity index (χ3n) is 3.45. The van der Waals surface area contributed by atoms with Gasteiger partial charge in [-0.05, 0) is 17.4 Å². The molecular weight excluding hydrogens is 218 g/mol. The van der Waals surface area contributed by atoms with E-state index in [1.807, 2.05) is 12.2 Å². The lowest BCUT2D eigenvalue weighted by Crippen LogP contribution is -2.30. The Morgan fingerprint density at radius 3 is 2.39 bits per heavy atom. The van der Waals surface area contributed by atoms with Crippen molar-refractivity contribution >= 4 is 0 Å². The maximum Gasteiger partial charge on any atom is 0.0237 e. The highest BCUT2D eigenvalue weighted by Crippen LogP contribution is 2.15. The first-order valence-corrected chi connectivity index (χ1v) is 6.67. The summed E-state index contributed by atoms with van der Waals surface area (Å²) in [6.07, 6.45) is 4.02. The second kappa shape index (κ2) is 7.88. The van der Waals surface area contributed by atoms with Gasteiger partial charge in [-0.1, -0.05) is 56.3 Å². The summed E-state index contributed by atoms with van der Waals surface area (Å²) in [5, 5.41) is 0. The van der Waals surface area contributed by atoms with Crippen molar-refractivity contribution in [2.75, 3.05) is 13.1 Å². The SMILES string of the molecule is C=CCN(Cc1ccccc1)C[C@H](C)[C@@H](C)C=C. The largest absolute Gasteiger partial charge is 0.295 e. The molecule has 0 aliphatic carbocycles. The molecule has 0 unspecified atom stereocenters. The van der Waals surface area contributed by atoms with Crippen molar-refractivity contribution in [3.8, 4) is 0 Å². The average Bonchev–Trinajstić information content (AvgIpc) is 2.39. The third kappa shape index (κ3) is 4.89. The molecule has 0 N–H and O–H groups in total. The molecule has 0 heterocycles. The standard InChI is InChI=1S/C17H25N/c1-5-12-18(13-16(4)15(3)6-2)14-17-10-8-7-9-11-17/h5-11,15-16H,1-2,12-14H2,3-4H3/t15-,16-/m0/s1. The van der Waals surface area contributed by atoms with Crippen LogP contribution in [0.3, 0.4) is 0 Å². The van der Waals surface area contributed by atoms with Gasteiger partial charge in [-0.25, -0.2) is 0 Å². The van der Waals surface area contributed by atoms with Crippen LogP contribution in [0.25, 0.3) is 0 Å². The summed E-state index contributed by atoms with van der Waals surface area (Å²) in [6.45, 7) is 15.2. The first-order chi connectivity index (χ1) is 8.67. The molecule has 98 valence electrons. The minimum atomic E-state index is 0.549. The summed E-state index contributed by atoms with van der Waals surface area (Å²) in [4.78, 5) is 2.44. The zero-order valence-electron chi connectivity index (χ0n) is 11.7. The normalized spacial score (nSPS) is 14.2. The van der Waals surface area contributed by atoms with Gasteiger partial charge in [0.2, 0.25) is 0 Å². The van der Waals surface area contributed by atoms with Gasteiger partial charge >= 0.3 is 0 Å². The Morgan fingerprint density at radius 1 is 1.17 bits per heavy atom. The predicted octanol–water partition coefficient (Wildman–Crippen LogP) is 4.13. The molecule has 1 nitrogen and oxygen atoms in total. The lowest BCUT2D eigenvalue weighted by atomic mass is 9.95. The fourth-order valence-corrected chi connectivity index (χ4v) is 2.03. The van der Waals surface area contributed by atoms with E-state index in [9.17, 15) is 0 Å². The molecule has 0 aliphatic heterocycles. The highest BCUT2D eigenvalue weighted by Gasteiger charge is 2.13. The Bertz CT molecular complexity index is 355. The fraction of sp³-hybridized carbons (Fsp3) is 0.412. The monoisotopic (exact) mass is 243 g/mol. The van der Waals surface area contributed by atoms with Crippen molar-refractivity contribution in [3.05, 3.63) is 61.2 Å². The van der Waals surface area contributed by atoms with E-state index < -0.39 is 0 Å². The molecule has 1 heteroatoms. The van der Waals surface area contributed by atoms with Gasteiger partial charge in [-0.3, -0.25) is 4.90 Å². The minimum Gasteiger partial charge on any atom is -0.295 e. The quantitative estimate of drug-likeness (QED) is 0.620. The summed E-state index contributed by atoms with van der Waals surface area (Å²) < 4.78 is 0. The van der Waals surface area contributed by atoms with Gasteiger partial charge in [0.05, 0.1) is 0 Å². The summed E-state index contributed by atoms with van der Waals surface area (Å²) in [5.41, 5.74) is 1.36. The average molecular weight is 243 g/mol. The van der Waals surface area contributed by atoms with E-state index in [-0.39, 0.29) is 0 Å². The Morgan fingerprint density at radius 2 is 1.83 bits per heavy atom. The molecular formula is C17H25N. The lowest BCUT2D eigenvalue weighted by molar-refractivity contribution is 0.231. The van der Waals surface area contributed by atoms with E-state index in [1.165, 1.54) is 5.56 Å². The molecule has 0 fully saturated rings. The molecule has 0 saturated heterocycles. The molecule has 2 atom stereocenters. The molecule has 1 aromatic rings. The predicted molar refractivity (Wildman–Crippen MR) is 80.4 cm³/mol. The van der Waals surface area contributed by atoms with Crippen LogP contribution in [0.1, 0.15) is 19.4 Å². The molecule has 1 rings (SSSR count). The van der Waals surface area contributed by atoms with E-state index in [4.69, 9.17) is 0 Å². The summed E-state index contributed by atoms with van der Waals surface area (Å²) in [6, 6.07) is 10.6. The van der Waals surface area contributed by atoms with Crippen LogP contribution in [0, 0.1) is 11.8 Å². The first kappa shape index (κ1) is 14.7. The van der Waals surface area contributed by atoms with Crippen LogP contribution in [0.2, 0.25) is 0 Å². The smallest absolute Gasteiger partial charge is 0.0237 e. The van der Waals surface area contributed by atoms with E-state index in [2.05, 4.69) is 62.2 Å². The van der Waals surface area contributed by atoms with E-state index in [0.717, 1.165) is 19.6 Å². The molecule has 1 aromatic carbocycles. The number of allylic oxidation sites excluding steroid dienone is 1. The summed E-state index contributed by atoms with van der Waals surface area (Å²) in [5.74, 6) is 1.17. The second-order valence-corrected chi connectivity index (χ2v) is 5.04. The first-order valence-electron chi connectivity index (χ1n) is 6.67. The van der Waals surface area contributed by atoms with Crippen molar-refractivity contribution < 1.29 is 0 Å². The van der Waals surface area contributed by atoms with Crippen molar-refractivity contribution in [2.45, 2.75) is 20.4 Å². The van der Waals surface area contributed by atoms with Gasteiger partial charge in [-0.2, -0.15) is 0 Å². The third-order valence-corrected chi connectivity index (χ3v) is 3.45. The Hall–Kier alpha value is -1.34. The zero-order chi connectivity index (χ0) is 13.4. The number of nitrogens with zero attached hydrogens (tertiary/aromatic N) is 1. The Balaban J connectivity index is 2.59. The Kier molecular flexibility index (Phi) is 6.45.